The summed E-state index contributed by atoms with van der Waals surface area (Å²) in [5.74, 6) is 4.36. The van der Waals surface area contributed by atoms with E-state index in [1.54, 1.807) is 0 Å². The summed E-state index contributed by atoms with van der Waals surface area (Å²) in [5.41, 5.74) is -2.09. The van der Waals surface area contributed by atoms with Gasteiger partial charge in [0.25, 0.3) is 0 Å². The number of nitrogens with two attached hydrogens (primary N) is 1. The van der Waals surface area contributed by atoms with Gasteiger partial charge in [-0.2, -0.15) is 9.07 Å². The average Bonchev–Trinajstić information content (AvgIpc) is 2.88. The van der Waals surface area contributed by atoms with E-state index in [1.807, 2.05) is 39.3 Å². The van der Waals surface area contributed by atoms with Crippen LogP contribution in [-0.4, -0.2) is 59.1 Å². The lowest BCUT2D eigenvalue weighted by molar-refractivity contribution is -0.0505. The Bertz CT molecular complexity index is 903. The molecule has 1 fully saturated rings. The van der Waals surface area contributed by atoms with E-state index < -0.39 is 66.6 Å². The van der Waals surface area contributed by atoms with Crippen LogP contribution in [0.2, 0.25) is 58.9 Å². The number of aromatic nitrogens is 2. The van der Waals surface area contributed by atoms with E-state index in [-0.39, 0.29) is 11.3 Å². The zero-order valence-electron chi connectivity index (χ0n) is 19.9. The fourth-order valence-corrected chi connectivity index (χ4v) is 6.06. The molecule has 2 heterocycles. The maximum atomic E-state index is 14.2. The van der Waals surface area contributed by atoms with E-state index in [1.165, 1.54) is 0 Å². The van der Waals surface area contributed by atoms with Crippen LogP contribution in [0, 0.1) is 5.82 Å². The van der Waals surface area contributed by atoms with E-state index in [0.29, 0.717) is 0 Å². The Morgan fingerprint density at radius 3 is 1.97 bits per heavy atom. The smallest absolute Gasteiger partial charge is 0.352 e. The second-order valence-corrected chi connectivity index (χ2v) is 24.2. The monoisotopic (exact) mass is 493 g/mol. The van der Waals surface area contributed by atoms with Crippen LogP contribution in [0.15, 0.2) is 15.8 Å². The van der Waals surface area contributed by atoms with Gasteiger partial charge in [-0.3, -0.25) is 9.36 Å². The molecule has 0 aromatic carbocycles. The van der Waals surface area contributed by atoms with Gasteiger partial charge in [-0.1, -0.05) is 0 Å². The molecule has 2 rings (SSSR count). The minimum atomic E-state index is -2.14. The van der Waals surface area contributed by atoms with Crippen LogP contribution in [0.5, 0.6) is 0 Å². The van der Waals surface area contributed by atoms with Crippen LogP contribution in [0.1, 0.15) is 6.23 Å². The summed E-state index contributed by atoms with van der Waals surface area (Å²) in [5, 5.41) is 0. The van der Waals surface area contributed by atoms with E-state index in [2.05, 4.69) is 19.6 Å². The number of nitrogens with zero attached hydrogens (tertiary/aromatic N) is 2. The molecule has 0 amide bonds. The molecule has 0 aliphatic carbocycles. The van der Waals surface area contributed by atoms with Gasteiger partial charge in [-0.15, -0.1) is 0 Å². The molecule has 0 radical (unpaired) electrons. The van der Waals surface area contributed by atoms with Crippen molar-refractivity contribution in [3.8, 4) is 0 Å². The lowest BCUT2D eigenvalue weighted by Gasteiger charge is -2.34. The minimum absolute atomic E-state index is 0.241. The van der Waals surface area contributed by atoms with E-state index in [4.69, 9.17) is 23.9 Å². The van der Waals surface area contributed by atoms with E-state index in [9.17, 15) is 14.0 Å². The largest absolute Gasteiger partial charge is 0.415 e. The third kappa shape index (κ3) is 6.94. The first-order valence-corrected chi connectivity index (χ1v) is 20.6. The molecular weight excluding hydrogens is 457 g/mol. The molecule has 9 nitrogen and oxygen atoms in total. The van der Waals surface area contributed by atoms with E-state index >= 15 is 0 Å². The standard InChI is InChI=1S/C18H36FN3O6Si3/c1-29(2,3)25-11-13-14(27-30(4,5)6)15(28-31(7,8)9)17(26-13)21-10-12(19)16(23)22(20)18(21)24/h10,13-15,17H,11,20H2,1-9H3/t13-,14-,15-,17-/m1/s1. The molecule has 1 aromatic rings. The number of hydrogen-bond donors (Lipinski definition) is 1. The van der Waals surface area contributed by atoms with Crippen molar-refractivity contribution in [3.05, 3.63) is 32.9 Å². The summed E-state index contributed by atoms with van der Waals surface area (Å²) in [4.78, 5) is 24.5. The number of rotatable bonds is 8. The van der Waals surface area contributed by atoms with Crippen molar-refractivity contribution in [2.24, 2.45) is 0 Å². The predicted octanol–water partition coefficient (Wildman–Crippen LogP) is 2.05. The molecule has 1 aliphatic rings. The summed E-state index contributed by atoms with van der Waals surface area (Å²) < 4.78 is 40.6. The Balaban J connectivity index is 2.57. The lowest BCUT2D eigenvalue weighted by Crippen LogP contribution is -2.51. The maximum Gasteiger partial charge on any atom is 0.352 e. The summed E-state index contributed by atoms with van der Waals surface area (Å²) in [6.45, 7) is 18.6. The molecule has 4 atom stereocenters. The first-order valence-electron chi connectivity index (χ1n) is 10.3. The first kappa shape index (κ1) is 26.2. The Morgan fingerprint density at radius 1 is 0.968 bits per heavy atom. The lowest BCUT2D eigenvalue weighted by atomic mass is 10.1. The summed E-state index contributed by atoms with van der Waals surface area (Å²) in [7, 11) is -6.08. The van der Waals surface area contributed by atoms with Gasteiger partial charge in [0.2, 0.25) is 5.82 Å². The molecule has 0 unspecified atom stereocenters. The zero-order chi connectivity index (χ0) is 23.9. The van der Waals surface area contributed by atoms with Crippen molar-refractivity contribution in [2.75, 3.05) is 12.4 Å². The van der Waals surface area contributed by atoms with Crippen LogP contribution >= 0.6 is 0 Å². The van der Waals surface area contributed by atoms with Crippen molar-refractivity contribution in [2.45, 2.75) is 83.5 Å². The van der Waals surface area contributed by atoms with Crippen LogP contribution in [0.25, 0.3) is 0 Å². The second kappa shape index (κ2) is 9.03. The third-order valence-corrected chi connectivity index (χ3v) is 7.31. The minimum Gasteiger partial charge on any atom is -0.415 e. The van der Waals surface area contributed by atoms with Gasteiger partial charge < -0.3 is 23.9 Å². The van der Waals surface area contributed by atoms with Crippen molar-refractivity contribution in [3.63, 3.8) is 0 Å². The van der Waals surface area contributed by atoms with Gasteiger partial charge in [0.05, 0.1) is 12.8 Å². The van der Waals surface area contributed by atoms with Crippen molar-refractivity contribution >= 4 is 25.0 Å². The molecule has 1 saturated heterocycles. The second-order valence-electron chi connectivity index (χ2n) is 10.7. The Labute approximate surface area is 185 Å². The molecule has 1 aliphatic heterocycles. The SMILES string of the molecule is C[Si](C)(C)OC[C@H]1O[C@@H](n2cc(F)c(=O)n(N)c2=O)[C@H](O[Si](C)(C)C)[C@@H]1O[Si](C)(C)C. The molecule has 1 aromatic heterocycles. The highest BCUT2D eigenvalue weighted by Gasteiger charge is 2.50. The van der Waals surface area contributed by atoms with Gasteiger partial charge in [-0.05, 0) is 58.9 Å². The number of halogens is 1. The molecule has 13 heteroatoms. The van der Waals surface area contributed by atoms with Crippen LogP contribution < -0.4 is 17.1 Å². The van der Waals surface area contributed by atoms with Crippen molar-refractivity contribution < 1.29 is 22.4 Å². The van der Waals surface area contributed by atoms with Gasteiger partial charge >= 0.3 is 11.2 Å². The summed E-state index contributed by atoms with van der Waals surface area (Å²) in [6.07, 6.45) is -1.93. The first-order chi connectivity index (χ1) is 13.9. The summed E-state index contributed by atoms with van der Waals surface area (Å²) in [6, 6.07) is 0. The highest BCUT2D eigenvalue weighted by molar-refractivity contribution is 6.70. The van der Waals surface area contributed by atoms with Gasteiger partial charge in [-0.25, -0.2) is 4.79 Å². The van der Waals surface area contributed by atoms with E-state index in [0.717, 1.165) is 10.8 Å². The quantitative estimate of drug-likeness (QED) is 0.436. The number of nitrogen functional groups attached to an aromatic ring is 1. The summed E-state index contributed by atoms with van der Waals surface area (Å²) >= 11 is 0. The third-order valence-electron chi connectivity index (χ3n) is 4.32. The highest BCUT2D eigenvalue weighted by atomic mass is 28.4. The molecule has 0 saturated carbocycles. The Kier molecular flexibility index (Phi) is 7.62. The fourth-order valence-electron chi connectivity index (χ4n) is 3.22. The highest BCUT2D eigenvalue weighted by Crippen LogP contribution is 2.36. The molecule has 0 spiro atoms. The predicted molar refractivity (Wildman–Crippen MR) is 125 cm³/mol. The normalized spacial score (nSPS) is 25.2. The number of ether oxygens (including phenoxy) is 1. The van der Waals surface area contributed by atoms with Crippen LogP contribution in [-0.2, 0) is 18.0 Å². The molecule has 31 heavy (non-hydrogen) atoms. The molecule has 178 valence electrons. The fraction of sp³-hybridized carbons (Fsp3) is 0.778. The zero-order valence-corrected chi connectivity index (χ0v) is 22.9. The Morgan fingerprint density at radius 2 is 1.48 bits per heavy atom. The number of hydrogen-bond acceptors (Lipinski definition) is 7. The van der Waals surface area contributed by atoms with Crippen molar-refractivity contribution in [1.82, 2.24) is 9.24 Å². The van der Waals surface area contributed by atoms with Crippen LogP contribution in [0.4, 0.5) is 4.39 Å². The Hall–Kier alpha value is -1.10. The van der Waals surface area contributed by atoms with Crippen molar-refractivity contribution in [1.29, 1.82) is 0 Å². The molecule has 0 bridgehead atoms. The van der Waals surface area contributed by atoms with Gasteiger partial charge in [0.1, 0.15) is 18.3 Å². The topological polar surface area (TPSA) is 107 Å². The molecular formula is C18H36FN3O6Si3. The van der Waals surface area contributed by atoms with Gasteiger partial charge in [0, 0.05) is 0 Å². The molecule has 2 N–H and O–H groups in total. The maximum absolute atomic E-state index is 14.2. The van der Waals surface area contributed by atoms with Gasteiger partial charge in [0.15, 0.2) is 31.2 Å². The average molecular weight is 494 g/mol. The van der Waals surface area contributed by atoms with Crippen LogP contribution in [0.3, 0.4) is 0 Å².